The first-order valence-electron chi connectivity index (χ1n) is 7.31. The average Bonchev–Trinajstić information content (AvgIpc) is 2.43. The highest BCUT2D eigenvalue weighted by Gasteiger charge is 2.04. The predicted octanol–water partition coefficient (Wildman–Crippen LogP) is 2.61. The molecule has 1 amide bonds. The molecule has 0 bridgehead atoms. The van der Waals surface area contributed by atoms with Gasteiger partial charge in [0.2, 0.25) is 5.91 Å². The second-order valence-corrected chi connectivity index (χ2v) is 4.90. The van der Waals surface area contributed by atoms with Crippen LogP contribution in [-0.4, -0.2) is 32.1 Å². The van der Waals surface area contributed by atoms with E-state index in [1.54, 1.807) is 0 Å². The Morgan fingerprint density at radius 2 is 1.95 bits per heavy atom. The van der Waals surface area contributed by atoms with E-state index in [1.807, 2.05) is 19.1 Å². The lowest BCUT2D eigenvalue weighted by atomic mass is 10.1. The molecule has 4 nitrogen and oxygen atoms in total. The molecular formula is C16H27ClN2O2. The quantitative estimate of drug-likeness (QED) is 0.689. The number of rotatable bonds is 9. The monoisotopic (exact) mass is 314 g/mol. The highest BCUT2D eigenvalue weighted by Crippen LogP contribution is 2.20. The third-order valence-corrected chi connectivity index (χ3v) is 3.19. The molecule has 0 saturated heterocycles. The van der Waals surface area contributed by atoms with Crippen molar-refractivity contribution in [2.45, 2.75) is 33.6 Å². The lowest BCUT2D eigenvalue weighted by Gasteiger charge is -2.11. The predicted molar refractivity (Wildman–Crippen MR) is 89.4 cm³/mol. The average molecular weight is 315 g/mol. The van der Waals surface area contributed by atoms with Gasteiger partial charge in [-0.1, -0.05) is 19.1 Å². The number of ether oxygens (including phenoxy) is 1. The molecule has 2 N–H and O–H groups in total. The summed E-state index contributed by atoms with van der Waals surface area (Å²) >= 11 is 0. The Bertz CT molecular complexity index is 425. The maximum absolute atomic E-state index is 11.6. The molecule has 0 atom stereocenters. The van der Waals surface area contributed by atoms with Gasteiger partial charge in [0.15, 0.2) is 0 Å². The second-order valence-electron chi connectivity index (χ2n) is 4.90. The number of hydrogen-bond donors (Lipinski definition) is 2. The molecule has 0 fully saturated rings. The van der Waals surface area contributed by atoms with Gasteiger partial charge in [0.05, 0.1) is 13.0 Å². The molecule has 0 heterocycles. The summed E-state index contributed by atoms with van der Waals surface area (Å²) in [6, 6.07) is 5.96. The smallest absolute Gasteiger partial charge is 0.223 e. The van der Waals surface area contributed by atoms with Crippen LogP contribution in [0, 0.1) is 13.8 Å². The minimum atomic E-state index is 0. The molecular weight excluding hydrogens is 288 g/mol. The molecule has 0 aromatic heterocycles. The van der Waals surface area contributed by atoms with Crippen LogP contribution in [0.2, 0.25) is 0 Å². The second kappa shape index (κ2) is 11.4. The Hall–Kier alpha value is -1.26. The molecule has 0 spiro atoms. The maximum Gasteiger partial charge on any atom is 0.223 e. The summed E-state index contributed by atoms with van der Waals surface area (Å²) in [4.78, 5) is 11.6. The van der Waals surface area contributed by atoms with E-state index in [0.717, 1.165) is 30.8 Å². The fourth-order valence-electron chi connectivity index (χ4n) is 1.81. The van der Waals surface area contributed by atoms with Crippen LogP contribution in [-0.2, 0) is 4.79 Å². The Kier molecular flexibility index (Phi) is 10.7. The van der Waals surface area contributed by atoms with Gasteiger partial charge in [0.25, 0.3) is 0 Å². The number of carbonyl (C=O) groups excluding carboxylic acids is 1. The van der Waals surface area contributed by atoms with Crippen molar-refractivity contribution < 1.29 is 9.53 Å². The molecule has 0 radical (unpaired) electrons. The first kappa shape index (κ1) is 19.7. The van der Waals surface area contributed by atoms with Crippen LogP contribution in [0.15, 0.2) is 18.2 Å². The lowest BCUT2D eigenvalue weighted by molar-refractivity contribution is -0.121. The van der Waals surface area contributed by atoms with E-state index in [4.69, 9.17) is 4.74 Å². The molecule has 0 aliphatic heterocycles. The summed E-state index contributed by atoms with van der Waals surface area (Å²) in [5.41, 5.74) is 2.34. The number of carbonyl (C=O) groups is 1. The fraction of sp³-hybridized carbons (Fsp3) is 0.562. The largest absolute Gasteiger partial charge is 0.493 e. The normalized spacial score (nSPS) is 9.86. The molecule has 120 valence electrons. The first-order chi connectivity index (χ1) is 9.65. The zero-order valence-electron chi connectivity index (χ0n) is 13.2. The Morgan fingerprint density at radius 1 is 1.19 bits per heavy atom. The first-order valence-corrected chi connectivity index (χ1v) is 7.31. The van der Waals surface area contributed by atoms with Crippen LogP contribution in [0.4, 0.5) is 0 Å². The Morgan fingerprint density at radius 3 is 2.67 bits per heavy atom. The minimum Gasteiger partial charge on any atom is -0.493 e. The SMILES string of the molecule is CCCNCCNC(=O)CCOc1cccc(C)c1C.Cl. The highest BCUT2D eigenvalue weighted by atomic mass is 35.5. The van der Waals surface area contributed by atoms with Gasteiger partial charge in [-0.3, -0.25) is 4.79 Å². The van der Waals surface area contributed by atoms with Gasteiger partial charge in [-0.05, 0) is 44.0 Å². The van der Waals surface area contributed by atoms with Crippen LogP contribution in [0.3, 0.4) is 0 Å². The number of halogens is 1. The molecule has 0 aliphatic carbocycles. The number of hydrogen-bond acceptors (Lipinski definition) is 3. The van der Waals surface area contributed by atoms with E-state index in [2.05, 4.69) is 30.5 Å². The van der Waals surface area contributed by atoms with Gasteiger partial charge in [0, 0.05) is 13.1 Å². The Labute approximate surface area is 134 Å². The minimum absolute atomic E-state index is 0. The van der Waals surface area contributed by atoms with Crippen molar-refractivity contribution in [2.24, 2.45) is 0 Å². The molecule has 5 heteroatoms. The maximum atomic E-state index is 11.6. The molecule has 1 rings (SSSR count). The van der Waals surface area contributed by atoms with Gasteiger partial charge in [-0.2, -0.15) is 0 Å². The molecule has 1 aromatic carbocycles. The summed E-state index contributed by atoms with van der Waals surface area (Å²) in [7, 11) is 0. The van der Waals surface area contributed by atoms with Gasteiger partial charge in [-0.15, -0.1) is 12.4 Å². The summed E-state index contributed by atoms with van der Waals surface area (Å²) in [5, 5.41) is 6.11. The standard InChI is InChI=1S/C16H26N2O2.ClH/c1-4-9-17-10-11-18-16(19)8-12-20-15-7-5-6-13(2)14(15)3;/h5-7,17H,4,8-12H2,1-3H3,(H,18,19);1H. The van der Waals surface area contributed by atoms with E-state index in [0.29, 0.717) is 19.6 Å². The third-order valence-electron chi connectivity index (χ3n) is 3.19. The van der Waals surface area contributed by atoms with Crippen molar-refractivity contribution in [2.75, 3.05) is 26.2 Å². The molecule has 0 aliphatic rings. The van der Waals surface area contributed by atoms with Crippen molar-refractivity contribution in [1.82, 2.24) is 10.6 Å². The van der Waals surface area contributed by atoms with Gasteiger partial charge >= 0.3 is 0 Å². The van der Waals surface area contributed by atoms with Crippen molar-refractivity contribution >= 4 is 18.3 Å². The topological polar surface area (TPSA) is 50.4 Å². The number of benzene rings is 1. The summed E-state index contributed by atoms with van der Waals surface area (Å²) < 4.78 is 5.66. The number of amides is 1. The third kappa shape index (κ3) is 7.93. The van der Waals surface area contributed by atoms with Crippen LogP contribution in [0.5, 0.6) is 5.75 Å². The summed E-state index contributed by atoms with van der Waals surface area (Å²) in [6.07, 6.45) is 1.50. The van der Waals surface area contributed by atoms with Crippen LogP contribution < -0.4 is 15.4 Å². The van der Waals surface area contributed by atoms with E-state index >= 15 is 0 Å². The van der Waals surface area contributed by atoms with Crippen LogP contribution >= 0.6 is 12.4 Å². The number of nitrogens with one attached hydrogen (secondary N) is 2. The van der Waals surface area contributed by atoms with Crippen molar-refractivity contribution in [3.8, 4) is 5.75 Å². The van der Waals surface area contributed by atoms with Gasteiger partial charge in [0.1, 0.15) is 5.75 Å². The molecule has 0 saturated carbocycles. The highest BCUT2D eigenvalue weighted by molar-refractivity contribution is 5.85. The van der Waals surface area contributed by atoms with Gasteiger partial charge < -0.3 is 15.4 Å². The van der Waals surface area contributed by atoms with Crippen LogP contribution in [0.25, 0.3) is 0 Å². The van der Waals surface area contributed by atoms with Gasteiger partial charge in [-0.25, -0.2) is 0 Å². The van der Waals surface area contributed by atoms with E-state index in [9.17, 15) is 4.79 Å². The summed E-state index contributed by atoms with van der Waals surface area (Å²) in [5.74, 6) is 0.899. The zero-order valence-corrected chi connectivity index (χ0v) is 14.0. The fourth-order valence-corrected chi connectivity index (χ4v) is 1.81. The molecule has 21 heavy (non-hydrogen) atoms. The lowest BCUT2D eigenvalue weighted by Crippen LogP contribution is -2.32. The van der Waals surface area contributed by atoms with Crippen molar-refractivity contribution in [1.29, 1.82) is 0 Å². The summed E-state index contributed by atoms with van der Waals surface area (Å²) in [6.45, 7) is 9.10. The number of aryl methyl sites for hydroxylation is 1. The Balaban J connectivity index is 0.00000400. The van der Waals surface area contributed by atoms with Crippen LogP contribution in [0.1, 0.15) is 30.9 Å². The zero-order chi connectivity index (χ0) is 14.8. The van der Waals surface area contributed by atoms with Crippen molar-refractivity contribution in [3.63, 3.8) is 0 Å². The van der Waals surface area contributed by atoms with E-state index in [1.165, 1.54) is 5.56 Å². The van der Waals surface area contributed by atoms with E-state index in [-0.39, 0.29) is 18.3 Å². The molecule has 1 aromatic rings. The van der Waals surface area contributed by atoms with Crippen molar-refractivity contribution in [3.05, 3.63) is 29.3 Å². The van der Waals surface area contributed by atoms with E-state index < -0.39 is 0 Å². The molecule has 0 unspecified atom stereocenters.